The number of rotatable bonds is 8. The quantitative estimate of drug-likeness (QED) is 0.700. The molecule has 1 rings (SSSR count). The summed E-state index contributed by atoms with van der Waals surface area (Å²) in [5, 5.41) is 12.8. The Labute approximate surface area is 158 Å². The monoisotopic (exact) mass is 396 g/mol. The fourth-order valence-corrected chi connectivity index (χ4v) is 2.87. The molecule has 136 valence electrons. The highest BCUT2D eigenvalue weighted by atomic mass is 35.5. The van der Waals surface area contributed by atoms with E-state index in [1.807, 2.05) is 13.8 Å². The molecular formula is C16H23Cl3N2O3. The molecule has 0 radical (unpaired) electrons. The van der Waals surface area contributed by atoms with E-state index < -0.39 is 12.0 Å². The average molecular weight is 398 g/mol. The van der Waals surface area contributed by atoms with E-state index in [9.17, 15) is 9.59 Å². The van der Waals surface area contributed by atoms with Gasteiger partial charge >= 0.3 is 5.97 Å². The van der Waals surface area contributed by atoms with E-state index in [2.05, 4.69) is 5.32 Å². The zero-order chi connectivity index (χ0) is 17.6. The van der Waals surface area contributed by atoms with Crippen LogP contribution in [0, 0.1) is 0 Å². The molecule has 0 aliphatic carbocycles. The van der Waals surface area contributed by atoms with E-state index in [0.717, 1.165) is 12.0 Å². The Kier molecular flexibility index (Phi) is 10.3. The molecule has 0 bridgehead atoms. The van der Waals surface area contributed by atoms with Gasteiger partial charge in [-0.2, -0.15) is 0 Å². The lowest BCUT2D eigenvalue weighted by Crippen LogP contribution is -2.47. The predicted octanol–water partition coefficient (Wildman–Crippen LogP) is 3.78. The minimum Gasteiger partial charge on any atom is -0.480 e. The molecule has 0 saturated carbocycles. The van der Waals surface area contributed by atoms with Crippen LogP contribution >= 0.6 is 35.6 Å². The molecule has 1 aromatic rings. The number of carbonyl (C=O) groups is 2. The third-order valence-electron chi connectivity index (χ3n) is 3.56. The Hall–Kier alpha value is -1.01. The zero-order valence-electron chi connectivity index (χ0n) is 13.9. The van der Waals surface area contributed by atoms with Crippen LogP contribution in [-0.2, 0) is 9.59 Å². The zero-order valence-corrected chi connectivity index (χ0v) is 16.2. The molecule has 0 saturated heterocycles. The Morgan fingerprint density at radius 2 is 1.92 bits per heavy atom. The number of benzene rings is 1. The third-order valence-corrected chi connectivity index (χ3v) is 4.13. The molecule has 2 atom stereocenters. The minimum absolute atomic E-state index is 0. The van der Waals surface area contributed by atoms with Crippen LogP contribution in [0.4, 0.5) is 0 Å². The second-order valence-corrected chi connectivity index (χ2v) is 6.28. The topological polar surface area (TPSA) is 69.6 Å². The highest BCUT2D eigenvalue weighted by molar-refractivity contribution is 6.35. The number of nitrogens with one attached hydrogen (secondary N) is 1. The number of aliphatic carboxylic acids is 1. The maximum Gasteiger partial charge on any atom is 0.317 e. The van der Waals surface area contributed by atoms with Gasteiger partial charge in [-0.05, 0) is 44.5 Å². The summed E-state index contributed by atoms with van der Waals surface area (Å²) in [6.45, 7) is 5.83. The van der Waals surface area contributed by atoms with Crippen LogP contribution in [0.25, 0.3) is 0 Å². The lowest BCUT2D eigenvalue weighted by atomic mass is 10.1. The van der Waals surface area contributed by atoms with E-state index >= 15 is 0 Å². The van der Waals surface area contributed by atoms with Gasteiger partial charge < -0.3 is 10.4 Å². The molecule has 2 unspecified atom stereocenters. The highest BCUT2D eigenvalue weighted by Crippen LogP contribution is 2.26. The summed E-state index contributed by atoms with van der Waals surface area (Å²) in [7, 11) is 0. The number of carboxylic acids is 1. The lowest BCUT2D eigenvalue weighted by Gasteiger charge is -2.27. The summed E-state index contributed by atoms with van der Waals surface area (Å²) in [4.78, 5) is 24.9. The van der Waals surface area contributed by atoms with Crippen molar-refractivity contribution < 1.29 is 14.7 Å². The second kappa shape index (κ2) is 10.8. The molecule has 0 heterocycles. The van der Waals surface area contributed by atoms with Crippen molar-refractivity contribution in [2.24, 2.45) is 0 Å². The van der Waals surface area contributed by atoms with Gasteiger partial charge in [0.2, 0.25) is 5.91 Å². The molecule has 0 aliphatic heterocycles. The highest BCUT2D eigenvalue weighted by Gasteiger charge is 2.24. The fraction of sp³-hybridized carbons (Fsp3) is 0.500. The predicted molar refractivity (Wildman–Crippen MR) is 99.2 cm³/mol. The number of nitrogens with zero attached hydrogens (tertiary/aromatic N) is 1. The van der Waals surface area contributed by atoms with Crippen LogP contribution in [0.1, 0.15) is 38.8 Å². The van der Waals surface area contributed by atoms with E-state index in [-0.39, 0.29) is 30.9 Å². The van der Waals surface area contributed by atoms with E-state index in [1.165, 1.54) is 0 Å². The molecule has 24 heavy (non-hydrogen) atoms. The number of carboxylic acid groups (broad SMARTS) is 1. The summed E-state index contributed by atoms with van der Waals surface area (Å²) < 4.78 is 0. The van der Waals surface area contributed by atoms with Crippen molar-refractivity contribution in [3.8, 4) is 0 Å². The average Bonchev–Trinajstić information content (AvgIpc) is 2.45. The summed E-state index contributed by atoms with van der Waals surface area (Å²) in [6.07, 6.45) is 0.767. The minimum atomic E-state index is -0.952. The van der Waals surface area contributed by atoms with Crippen LogP contribution in [0.15, 0.2) is 18.2 Å². The van der Waals surface area contributed by atoms with Crippen molar-refractivity contribution >= 4 is 47.5 Å². The van der Waals surface area contributed by atoms with Crippen LogP contribution in [-0.4, -0.2) is 41.0 Å². The van der Waals surface area contributed by atoms with Crippen molar-refractivity contribution in [2.45, 2.75) is 39.3 Å². The standard InChI is InChI=1S/C16H22Cl2N2O3.ClH/c1-4-7-20(9-15(21)22)11(3)16(23)19-10(2)13-6-5-12(17)8-14(13)18;/h5-6,8,10-11H,4,7,9H2,1-3H3,(H,19,23)(H,21,22);1H. The summed E-state index contributed by atoms with van der Waals surface area (Å²) in [5.74, 6) is -1.19. The van der Waals surface area contributed by atoms with Gasteiger partial charge in [-0.15, -0.1) is 12.4 Å². The summed E-state index contributed by atoms with van der Waals surface area (Å²) in [5.41, 5.74) is 0.761. The normalized spacial score (nSPS) is 13.1. The maximum atomic E-state index is 12.4. The van der Waals surface area contributed by atoms with Gasteiger partial charge in [0.05, 0.1) is 18.6 Å². The lowest BCUT2D eigenvalue weighted by molar-refractivity contribution is -0.139. The van der Waals surface area contributed by atoms with Crippen LogP contribution < -0.4 is 5.32 Å². The first kappa shape index (κ1) is 23.0. The molecular weight excluding hydrogens is 375 g/mol. The largest absolute Gasteiger partial charge is 0.480 e. The van der Waals surface area contributed by atoms with Crippen LogP contribution in [0.2, 0.25) is 10.0 Å². The number of amides is 1. The summed E-state index contributed by atoms with van der Waals surface area (Å²) >= 11 is 12.0. The molecule has 1 aromatic carbocycles. The number of halogens is 3. The first-order valence-corrected chi connectivity index (χ1v) is 8.23. The van der Waals surface area contributed by atoms with E-state index in [0.29, 0.717) is 16.6 Å². The molecule has 1 amide bonds. The van der Waals surface area contributed by atoms with Gasteiger partial charge in [0.25, 0.3) is 0 Å². The van der Waals surface area contributed by atoms with Gasteiger partial charge in [-0.25, -0.2) is 0 Å². The van der Waals surface area contributed by atoms with Crippen molar-refractivity contribution in [3.63, 3.8) is 0 Å². The van der Waals surface area contributed by atoms with Gasteiger partial charge in [-0.3, -0.25) is 14.5 Å². The molecule has 2 N–H and O–H groups in total. The van der Waals surface area contributed by atoms with Gasteiger partial charge in [-0.1, -0.05) is 36.2 Å². The maximum absolute atomic E-state index is 12.4. The Morgan fingerprint density at radius 1 is 1.29 bits per heavy atom. The molecule has 0 fully saturated rings. The SMILES string of the molecule is CCCN(CC(=O)O)C(C)C(=O)NC(C)c1ccc(Cl)cc1Cl.Cl. The second-order valence-electron chi connectivity index (χ2n) is 5.44. The van der Waals surface area contributed by atoms with Crippen molar-refractivity contribution in [2.75, 3.05) is 13.1 Å². The van der Waals surface area contributed by atoms with Gasteiger partial charge in [0.1, 0.15) is 0 Å². The third kappa shape index (κ3) is 6.85. The first-order valence-electron chi connectivity index (χ1n) is 7.47. The Morgan fingerprint density at radius 3 is 2.42 bits per heavy atom. The van der Waals surface area contributed by atoms with Gasteiger partial charge in [0, 0.05) is 10.0 Å². The summed E-state index contributed by atoms with van der Waals surface area (Å²) in [6, 6.07) is 4.25. The number of hydrogen-bond acceptors (Lipinski definition) is 3. The number of carbonyl (C=O) groups excluding carboxylic acids is 1. The number of hydrogen-bond donors (Lipinski definition) is 2. The Bertz CT molecular complexity index is 569. The fourth-order valence-electron chi connectivity index (χ4n) is 2.30. The van der Waals surface area contributed by atoms with Crippen molar-refractivity contribution in [3.05, 3.63) is 33.8 Å². The van der Waals surface area contributed by atoms with Crippen LogP contribution in [0.5, 0.6) is 0 Å². The van der Waals surface area contributed by atoms with Gasteiger partial charge in [0.15, 0.2) is 0 Å². The van der Waals surface area contributed by atoms with E-state index in [4.69, 9.17) is 28.3 Å². The Balaban J connectivity index is 0.00000529. The molecule has 0 aliphatic rings. The smallest absolute Gasteiger partial charge is 0.317 e. The molecule has 5 nitrogen and oxygen atoms in total. The van der Waals surface area contributed by atoms with Crippen LogP contribution in [0.3, 0.4) is 0 Å². The van der Waals surface area contributed by atoms with E-state index in [1.54, 1.807) is 30.0 Å². The first-order chi connectivity index (χ1) is 10.8. The van der Waals surface area contributed by atoms with Crippen molar-refractivity contribution in [1.29, 1.82) is 0 Å². The molecule has 8 heteroatoms. The molecule has 0 spiro atoms. The van der Waals surface area contributed by atoms with Crippen molar-refractivity contribution in [1.82, 2.24) is 10.2 Å². The molecule has 0 aromatic heterocycles.